The molecule has 0 radical (unpaired) electrons. The molecule has 0 saturated heterocycles. The van der Waals surface area contributed by atoms with Crippen molar-refractivity contribution in [2.24, 2.45) is 0 Å². The van der Waals surface area contributed by atoms with Gasteiger partial charge in [-0.05, 0) is 93.2 Å². The van der Waals surface area contributed by atoms with Crippen LogP contribution in [0.2, 0.25) is 0 Å². The third kappa shape index (κ3) is 2.35. The molecule has 0 N–H and O–H groups in total. The summed E-state index contributed by atoms with van der Waals surface area (Å²) < 4.78 is 12.2. The predicted octanol–water partition coefficient (Wildman–Crippen LogP) is 6.51. The molecule has 1 aliphatic carbocycles. The van der Waals surface area contributed by atoms with E-state index in [1.54, 1.807) is 0 Å². The molecule has 6 rings (SSSR count). The first-order valence-electron chi connectivity index (χ1n) is 11.7. The van der Waals surface area contributed by atoms with Gasteiger partial charge in [-0.3, -0.25) is 0 Å². The van der Waals surface area contributed by atoms with Crippen LogP contribution in [0.4, 0.5) is 5.69 Å². The van der Waals surface area contributed by atoms with E-state index in [2.05, 4.69) is 94.1 Å². The number of allylic oxidation sites excluding steroid dienone is 1. The molecule has 2 aromatic carbocycles. The number of fused-ring (bicyclic) bond motifs is 8. The van der Waals surface area contributed by atoms with Gasteiger partial charge in [0.2, 0.25) is 6.29 Å². The maximum atomic E-state index is 6.14. The van der Waals surface area contributed by atoms with Crippen molar-refractivity contribution in [3.63, 3.8) is 0 Å². The van der Waals surface area contributed by atoms with E-state index < -0.39 is 0 Å². The van der Waals surface area contributed by atoms with Crippen LogP contribution in [0.25, 0.3) is 6.08 Å². The Morgan fingerprint density at radius 2 is 1.75 bits per heavy atom. The minimum absolute atomic E-state index is 0.0506. The van der Waals surface area contributed by atoms with Crippen LogP contribution in [0.15, 0.2) is 66.0 Å². The minimum atomic E-state index is -0.355. The van der Waals surface area contributed by atoms with Crippen molar-refractivity contribution >= 4 is 11.8 Å². The normalized spacial score (nSPS) is 35.3. The van der Waals surface area contributed by atoms with E-state index in [4.69, 9.17) is 9.47 Å². The van der Waals surface area contributed by atoms with Crippen molar-refractivity contribution in [1.29, 1.82) is 0 Å². The maximum absolute atomic E-state index is 6.14. The molecule has 0 amide bonds. The fourth-order valence-electron chi connectivity index (χ4n) is 6.72. The quantitative estimate of drug-likeness (QED) is 0.486. The fourth-order valence-corrected chi connectivity index (χ4v) is 6.72. The van der Waals surface area contributed by atoms with E-state index in [-0.39, 0.29) is 29.4 Å². The summed E-state index contributed by atoms with van der Waals surface area (Å²) in [4.78, 5) is 2.65. The van der Waals surface area contributed by atoms with Gasteiger partial charge >= 0.3 is 0 Å². The van der Waals surface area contributed by atoms with E-state index in [1.165, 1.54) is 39.1 Å². The van der Waals surface area contributed by atoms with Crippen molar-refractivity contribution in [3.05, 3.63) is 93.8 Å². The zero-order valence-corrected chi connectivity index (χ0v) is 19.8. The zero-order valence-electron chi connectivity index (χ0n) is 19.8. The van der Waals surface area contributed by atoms with Gasteiger partial charge in [-0.25, -0.2) is 0 Å². The second-order valence-electron chi connectivity index (χ2n) is 10.1. The molecule has 0 spiro atoms. The summed E-state index contributed by atoms with van der Waals surface area (Å²) in [6, 6.07) is 13.6. The van der Waals surface area contributed by atoms with Gasteiger partial charge in [0.25, 0.3) is 0 Å². The molecule has 3 aliphatic heterocycles. The van der Waals surface area contributed by atoms with E-state index in [0.29, 0.717) is 0 Å². The second-order valence-corrected chi connectivity index (χ2v) is 10.1. The highest BCUT2D eigenvalue weighted by molar-refractivity contribution is 5.84. The number of hydrogen-bond donors (Lipinski definition) is 0. The Morgan fingerprint density at radius 3 is 2.53 bits per heavy atom. The highest BCUT2D eigenvalue weighted by Gasteiger charge is 2.75. The Bertz CT molecular complexity index is 1240. The summed E-state index contributed by atoms with van der Waals surface area (Å²) >= 11 is 0. The Morgan fingerprint density at radius 1 is 1.00 bits per heavy atom. The third-order valence-corrected chi connectivity index (χ3v) is 8.28. The molecular formula is C29H31NO2. The number of anilines is 1. The van der Waals surface area contributed by atoms with Crippen LogP contribution in [-0.2, 0) is 14.9 Å². The van der Waals surface area contributed by atoms with Crippen LogP contribution < -0.4 is 4.90 Å². The fraction of sp³-hybridized carbons (Fsp3) is 0.379. The molecule has 3 heteroatoms. The molecule has 1 fully saturated rings. The van der Waals surface area contributed by atoms with Gasteiger partial charge < -0.3 is 14.4 Å². The number of aryl methyl sites for hydroxylation is 2. The SMILES string of the molecule is CC1=CC(C)OC(/C=C2/C3(C)c4c(C)ccc(C)c4C4C=Cc5ccccc5N4C23C)O1. The number of nitrogens with zero attached hydrogens (tertiary/aromatic N) is 1. The highest BCUT2D eigenvalue weighted by atomic mass is 16.7. The number of rotatable bonds is 1. The Kier molecular flexibility index (Phi) is 3.97. The van der Waals surface area contributed by atoms with Crippen LogP contribution >= 0.6 is 0 Å². The summed E-state index contributed by atoms with van der Waals surface area (Å²) in [5.41, 5.74) is 9.39. The Hall–Kier alpha value is -2.78. The van der Waals surface area contributed by atoms with Crippen molar-refractivity contribution in [2.75, 3.05) is 4.90 Å². The molecule has 3 heterocycles. The minimum Gasteiger partial charge on any atom is -0.466 e. The maximum Gasteiger partial charge on any atom is 0.220 e. The summed E-state index contributed by atoms with van der Waals surface area (Å²) in [6.07, 6.45) is 8.66. The van der Waals surface area contributed by atoms with Crippen LogP contribution in [-0.4, -0.2) is 17.9 Å². The molecule has 5 atom stereocenters. The number of hydrogen-bond acceptors (Lipinski definition) is 3. The average Bonchev–Trinajstić information content (AvgIpc) is 3.24. The second kappa shape index (κ2) is 6.39. The molecule has 0 bridgehead atoms. The lowest BCUT2D eigenvalue weighted by atomic mass is 9.75. The first-order chi connectivity index (χ1) is 15.3. The summed E-state index contributed by atoms with van der Waals surface area (Å²) in [5, 5.41) is 0. The molecule has 164 valence electrons. The van der Waals surface area contributed by atoms with Gasteiger partial charge in [0.15, 0.2) is 0 Å². The monoisotopic (exact) mass is 425 g/mol. The first-order valence-corrected chi connectivity index (χ1v) is 11.7. The van der Waals surface area contributed by atoms with Crippen molar-refractivity contribution in [2.45, 2.75) is 70.9 Å². The molecule has 0 aromatic heterocycles. The largest absolute Gasteiger partial charge is 0.466 e. The van der Waals surface area contributed by atoms with Gasteiger partial charge in [0.1, 0.15) is 0 Å². The summed E-state index contributed by atoms with van der Waals surface area (Å²) in [7, 11) is 0. The van der Waals surface area contributed by atoms with Crippen molar-refractivity contribution in [3.8, 4) is 0 Å². The van der Waals surface area contributed by atoms with E-state index in [1.807, 2.05) is 13.0 Å². The molecular weight excluding hydrogens is 394 g/mol. The molecule has 1 saturated carbocycles. The Balaban J connectivity index is 1.59. The molecule has 4 aliphatic rings. The van der Waals surface area contributed by atoms with Crippen LogP contribution in [0.3, 0.4) is 0 Å². The molecule has 2 aromatic rings. The van der Waals surface area contributed by atoms with Crippen molar-refractivity contribution < 1.29 is 9.47 Å². The summed E-state index contributed by atoms with van der Waals surface area (Å²) in [5.74, 6) is 0.932. The lowest BCUT2D eigenvalue weighted by Crippen LogP contribution is -2.48. The van der Waals surface area contributed by atoms with Crippen LogP contribution in [0.1, 0.15) is 61.6 Å². The van der Waals surface area contributed by atoms with Gasteiger partial charge in [0, 0.05) is 11.1 Å². The zero-order chi connectivity index (χ0) is 22.4. The van der Waals surface area contributed by atoms with Crippen molar-refractivity contribution in [1.82, 2.24) is 0 Å². The number of ether oxygens (including phenoxy) is 2. The number of benzene rings is 2. The van der Waals surface area contributed by atoms with E-state index in [9.17, 15) is 0 Å². The molecule has 5 unspecified atom stereocenters. The van der Waals surface area contributed by atoms with Gasteiger partial charge in [-0.15, -0.1) is 0 Å². The molecule has 32 heavy (non-hydrogen) atoms. The predicted molar refractivity (Wildman–Crippen MR) is 130 cm³/mol. The Labute approximate surface area is 191 Å². The van der Waals surface area contributed by atoms with Crippen LogP contribution in [0, 0.1) is 13.8 Å². The summed E-state index contributed by atoms with van der Waals surface area (Å²) in [6.45, 7) is 13.4. The van der Waals surface area contributed by atoms with Gasteiger partial charge in [-0.2, -0.15) is 0 Å². The standard InChI is InChI=1S/C29H31NO2/c1-17-11-12-18(2)27-26(17)23-14-13-21-9-7-8-10-22(21)30(23)29(6)24(28(27,29)5)16-25-31-19(3)15-20(4)32-25/h7-16,19,23,25H,1-6H3/b24-16-. The number of para-hydroxylation sites is 1. The lowest BCUT2D eigenvalue weighted by Gasteiger charge is -2.48. The lowest BCUT2D eigenvalue weighted by molar-refractivity contribution is -0.119. The topological polar surface area (TPSA) is 21.7 Å². The smallest absolute Gasteiger partial charge is 0.220 e. The highest BCUT2D eigenvalue weighted by Crippen LogP contribution is 2.73. The first kappa shape index (κ1) is 19.9. The third-order valence-electron chi connectivity index (χ3n) is 8.28. The average molecular weight is 426 g/mol. The molecule has 3 nitrogen and oxygen atoms in total. The van der Waals surface area contributed by atoms with E-state index >= 15 is 0 Å². The van der Waals surface area contributed by atoms with E-state index in [0.717, 1.165) is 5.76 Å². The van der Waals surface area contributed by atoms with Gasteiger partial charge in [0.05, 0.1) is 23.4 Å². The van der Waals surface area contributed by atoms with Gasteiger partial charge in [-0.1, -0.05) is 42.5 Å². The van der Waals surface area contributed by atoms with Crippen LogP contribution in [0.5, 0.6) is 0 Å².